The summed E-state index contributed by atoms with van der Waals surface area (Å²) in [7, 11) is 0. The van der Waals surface area contributed by atoms with Gasteiger partial charge in [0.2, 0.25) is 0 Å². The maximum Gasteiger partial charge on any atom is 0.0455 e. The molecule has 0 amide bonds. The van der Waals surface area contributed by atoms with E-state index in [9.17, 15) is 0 Å². The molecule has 0 unspecified atom stereocenters. The predicted molar refractivity (Wildman–Crippen MR) is 132 cm³/mol. The lowest BCUT2D eigenvalue weighted by Crippen LogP contribution is -1.84. The van der Waals surface area contributed by atoms with Gasteiger partial charge in [0, 0.05) is 6.20 Å². The molecule has 0 aromatic heterocycles. The van der Waals surface area contributed by atoms with Crippen LogP contribution in [0.4, 0.5) is 0 Å². The van der Waals surface area contributed by atoms with Crippen molar-refractivity contribution >= 4 is 0 Å². The Kier molecular flexibility index (Phi) is 27.1. The van der Waals surface area contributed by atoms with Crippen molar-refractivity contribution in [3.05, 3.63) is 12.3 Å². The van der Waals surface area contributed by atoms with E-state index in [0.29, 0.717) is 0 Å². The average Bonchev–Trinajstić information content (AvgIpc) is 2.74. The standard InChI is InChI=1S/C28H55N/c1-2-3-4-5-6-7-8-9-10-11-12-13-14-15-16-17-18-19-20-21-22-23-24-25-26-27-28-29/h27-28H,2-26H2,1H3. The molecule has 0 saturated carbocycles. The Labute approximate surface area is 185 Å². The minimum Gasteiger partial charge on any atom is -0.160 e. The van der Waals surface area contributed by atoms with Gasteiger partial charge in [-0.25, -0.2) is 0 Å². The fraction of sp³-hybridized carbons (Fsp3) is 0.929. The van der Waals surface area contributed by atoms with E-state index in [1.54, 1.807) is 0 Å². The van der Waals surface area contributed by atoms with Crippen molar-refractivity contribution in [2.75, 3.05) is 0 Å². The van der Waals surface area contributed by atoms with Crippen molar-refractivity contribution < 1.29 is 0 Å². The zero-order valence-electron chi connectivity index (χ0n) is 20.3. The maximum atomic E-state index is 8.57. The fourth-order valence-corrected chi connectivity index (χ4v) is 4.30. The molecule has 1 nitrogen and oxygen atoms in total. The lowest BCUT2D eigenvalue weighted by atomic mass is 10.0. The van der Waals surface area contributed by atoms with Gasteiger partial charge < -0.3 is 0 Å². The highest BCUT2D eigenvalue weighted by atomic mass is 14.5. The number of hydrogen-bond donors (Lipinski definition) is 0. The minimum absolute atomic E-state index is 1.04. The van der Waals surface area contributed by atoms with Crippen LogP contribution in [0.5, 0.6) is 0 Å². The second-order valence-electron chi connectivity index (χ2n) is 9.31. The smallest absolute Gasteiger partial charge is 0.0455 e. The molecule has 0 bridgehead atoms. The Bertz CT molecular complexity index is 297. The summed E-state index contributed by atoms with van der Waals surface area (Å²) in [5, 5.41) is 0. The van der Waals surface area contributed by atoms with Crippen LogP contribution < -0.4 is 5.73 Å². The van der Waals surface area contributed by atoms with Gasteiger partial charge in [0.25, 0.3) is 0 Å². The Balaban J connectivity index is 2.98. The largest absolute Gasteiger partial charge is 0.160 e. The molecule has 29 heavy (non-hydrogen) atoms. The Hall–Kier alpha value is -0.460. The predicted octanol–water partition coefficient (Wildman–Crippen LogP) is 10.3. The molecular weight excluding hydrogens is 350 g/mol. The summed E-state index contributed by atoms with van der Waals surface area (Å²) in [5.74, 6) is 0. The molecule has 0 aliphatic carbocycles. The number of allylic oxidation sites excluding steroid dienone is 1. The highest BCUT2D eigenvalue weighted by Crippen LogP contribution is 2.15. The highest BCUT2D eigenvalue weighted by molar-refractivity contribution is 4.74. The normalized spacial score (nSPS) is 11.6. The second-order valence-corrected chi connectivity index (χ2v) is 9.31. The van der Waals surface area contributed by atoms with Crippen molar-refractivity contribution in [2.45, 2.75) is 167 Å². The Morgan fingerprint density at radius 2 is 0.621 bits per heavy atom. The number of nitrogens with zero attached hydrogens (tertiary/aromatic N) is 1. The molecule has 0 atom stereocenters. The monoisotopic (exact) mass is 405 g/mol. The summed E-state index contributed by atoms with van der Waals surface area (Å²) in [6.45, 7) is 2.30. The first-order valence-corrected chi connectivity index (χ1v) is 13.7. The molecule has 172 valence electrons. The van der Waals surface area contributed by atoms with Crippen LogP contribution >= 0.6 is 0 Å². The van der Waals surface area contributed by atoms with Crippen LogP contribution in [0.15, 0.2) is 12.3 Å². The van der Waals surface area contributed by atoms with Crippen LogP contribution in [0.2, 0.25) is 0 Å². The number of rotatable bonds is 25. The van der Waals surface area contributed by atoms with E-state index in [1.807, 2.05) is 6.08 Å². The summed E-state index contributed by atoms with van der Waals surface area (Å²) in [5.41, 5.74) is 8.57. The third kappa shape index (κ3) is 27.5. The van der Waals surface area contributed by atoms with E-state index in [4.69, 9.17) is 5.73 Å². The lowest BCUT2D eigenvalue weighted by Gasteiger charge is -2.04. The minimum atomic E-state index is 1.04. The fourth-order valence-electron chi connectivity index (χ4n) is 4.30. The van der Waals surface area contributed by atoms with Gasteiger partial charge in [-0.05, 0) is 12.8 Å². The first kappa shape index (κ1) is 28.5. The zero-order chi connectivity index (χ0) is 21.1. The summed E-state index contributed by atoms with van der Waals surface area (Å²) < 4.78 is 0. The quantitative estimate of drug-likeness (QED) is 0.135. The van der Waals surface area contributed by atoms with Crippen molar-refractivity contribution in [2.24, 2.45) is 0 Å². The van der Waals surface area contributed by atoms with Gasteiger partial charge in [0.15, 0.2) is 0 Å². The van der Waals surface area contributed by atoms with Crippen molar-refractivity contribution in [3.63, 3.8) is 0 Å². The van der Waals surface area contributed by atoms with E-state index in [2.05, 4.69) is 6.92 Å². The van der Waals surface area contributed by atoms with Crippen LogP contribution in [0.3, 0.4) is 0 Å². The summed E-state index contributed by atoms with van der Waals surface area (Å²) in [6.07, 6.45) is 38.6. The van der Waals surface area contributed by atoms with Crippen LogP contribution in [0.1, 0.15) is 167 Å². The van der Waals surface area contributed by atoms with Crippen molar-refractivity contribution in [1.29, 1.82) is 0 Å². The van der Waals surface area contributed by atoms with Crippen molar-refractivity contribution in [3.8, 4) is 0 Å². The van der Waals surface area contributed by atoms with E-state index in [-0.39, 0.29) is 0 Å². The molecule has 0 N–H and O–H groups in total. The summed E-state index contributed by atoms with van der Waals surface area (Å²) in [4.78, 5) is 0. The molecule has 0 aromatic rings. The topological polar surface area (TPSA) is 22.3 Å². The van der Waals surface area contributed by atoms with Gasteiger partial charge in [-0.15, -0.1) is 0 Å². The Morgan fingerprint density at radius 1 is 0.379 bits per heavy atom. The van der Waals surface area contributed by atoms with E-state index >= 15 is 0 Å². The lowest BCUT2D eigenvalue weighted by molar-refractivity contribution is 0.517. The second kappa shape index (κ2) is 27.5. The SMILES string of the molecule is CCCCCCCCCCCCCCCCCCCCCCCCCCC=C[N]. The van der Waals surface area contributed by atoms with Gasteiger partial charge in [-0.2, -0.15) is 5.73 Å². The molecule has 1 heteroatoms. The average molecular weight is 406 g/mol. The van der Waals surface area contributed by atoms with Gasteiger partial charge in [0.05, 0.1) is 0 Å². The molecular formula is C28H55N. The third-order valence-electron chi connectivity index (χ3n) is 6.33. The van der Waals surface area contributed by atoms with E-state index in [1.165, 1.54) is 160 Å². The highest BCUT2D eigenvalue weighted by Gasteiger charge is 1.96. The molecule has 0 heterocycles. The van der Waals surface area contributed by atoms with Crippen LogP contribution in [-0.4, -0.2) is 0 Å². The molecule has 0 aliphatic rings. The summed E-state index contributed by atoms with van der Waals surface area (Å²) >= 11 is 0. The zero-order valence-corrected chi connectivity index (χ0v) is 20.3. The van der Waals surface area contributed by atoms with E-state index < -0.39 is 0 Å². The molecule has 2 radical (unpaired) electrons. The van der Waals surface area contributed by atoms with Crippen LogP contribution in [0.25, 0.3) is 0 Å². The van der Waals surface area contributed by atoms with Gasteiger partial charge in [0.1, 0.15) is 0 Å². The summed E-state index contributed by atoms with van der Waals surface area (Å²) in [6, 6.07) is 0. The molecule has 0 fully saturated rings. The Morgan fingerprint density at radius 3 is 0.862 bits per heavy atom. The van der Waals surface area contributed by atoms with Crippen molar-refractivity contribution in [1.82, 2.24) is 5.73 Å². The molecule has 0 rings (SSSR count). The maximum absolute atomic E-state index is 8.57. The van der Waals surface area contributed by atoms with Gasteiger partial charge in [-0.3, -0.25) is 0 Å². The molecule has 0 aromatic carbocycles. The van der Waals surface area contributed by atoms with Gasteiger partial charge >= 0.3 is 0 Å². The molecule has 0 spiro atoms. The van der Waals surface area contributed by atoms with E-state index in [0.717, 1.165) is 6.42 Å². The first-order valence-electron chi connectivity index (χ1n) is 13.7. The van der Waals surface area contributed by atoms with Crippen LogP contribution in [-0.2, 0) is 0 Å². The van der Waals surface area contributed by atoms with Crippen LogP contribution in [0, 0.1) is 0 Å². The molecule has 0 saturated heterocycles. The third-order valence-corrected chi connectivity index (χ3v) is 6.33. The van der Waals surface area contributed by atoms with Gasteiger partial charge in [-0.1, -0.05) is 161 Å². The molecule has 0 aliphatic heterocycles. The number of hydrogen-bond acceptors (Lipinski definition) is 0. The first-order chi connectivity index (χ1) is 14.4. The number of unbranched alkanes of at least 4 members (excludes halogenated alkanes) is 24.